The van der Waals surface area contributed by atoms with Crippen molar-refractivity contribution in [3.05, 3.63) is 0 Å². The van der Waals surface area contributed by atoms with Crippen molar-refractivity contribution in [3.8, 4) is 0 Å². The minimum atomic E-state index is -2.09. The van der Waals surface area contributed by atoms with Crippen LogP contribution in [0.1, 0.15) is 6.92 Å². The average molecular weight is 840 g/mol. The van der Waals surface area contributed by atoms with Crippen LogP contribution in [0.25, 0.3) is 0 Å². The molecule has 5 saturated heterocycles. The van der Waals surface area contributed by atoms with Gasteiger partial charge in [0.15, 0.2) is 31.5 Å². The van der Waals surface area contributed by atoms with E-state index in [-0.39, 0.29) is 0 Å². The minimum absolute atomic E-state index is 0.615. The Labute approximate surface area is 322 Å². The van der Waals surface area contributed by atoms with Gasteiger partial charge in [-0.3, -0.25) is 4.79 Å². The summed E-state index contributed by atoms with van der Waals surface area (Å²) in [4.78, 5) is 11.9. The number of amides is 1. The van der Waals surface area contributed by atoms with E-state index < -0.39 is 186 Å². The van der Waals surface area contributed by atoms with E-state index in [0.717, 1.165) is 6.92 Å². The fourth-order valence-electron chi connectivity index (χ4n) is 7.02. The Morgan fingerprint density at radius 1 is 0.526 bits per heavy atom. The Kier molecular flexibility index (Phi) is 16.3. The van der Waals surface area contributed by atoms with Crippen LogP contribution in [0, 0.1) is 0 Å². The standard InChI is InChI=1S/C31H53NO25/c1-7(36)32-13-18(42)24(11(4-35)51-27(13)48)55-31-26(57-29-21(45)14(38)8(37)5-49-29)25(56-30-23(47)20(44)16(40)10(3-34)53-30)17(41)12(54-31)6-50-28-22(46)19(43)15(39)9(2-33)52-28/h8-31,33-35,37-48H,2-6H2,1H3,(H,32,36)/t8-,9-,10-,11-,12-,13+,14+,15-,16-,17-,18-,19+,20+,21-,22+,23+,24-,25+,26+,27-,28+,29+,30-,31+/m1/s1. The van der Waals surface area contributed by atoms with Gasteiger partial charge in [0.1, 0.15) is 116 Å². The van der Waals surface area contributed by atoms with E-state index in [9.17, 15) is 81.4 Å². The summed E-state index contributed by atoms with van der Waals surface area (Å²) in [5.74, 6) is -0.733. The van der Waals surface area contributed by atoms with Crippen molar-refractivity contribution in [3.63, 3.8) is 0 Å². The number of hydrogen-bond donors (Lipinski definition) is 16. The largest absolute Gasteiger partial charge is 0.394 e. The molecule has 5 fully saturated rings. The second-order valence-corrected chi connectivity index (χ2v) is 14.3. The summed E-state index contributed by atoms with van der Waals surface area (Å²) in [6, 6.07) is -1.59. The topological polar surface area (TPSA) is 416 Å². The number of ether oxygens (including phenoxy) is 9. The molecule has 1 amide bonds. The number of rotatable bonds is 13. The number of aliphatic hydroxyl groups is 15. The summed E-state index contributed by atoms with van der Waals surface area (Å²) in [6.45, 7) is -3.08. The van der Waals surface area contributed by atoms with Crippen molar-refractivity contribution in [1.82, 2.24) is 5.32 Å². The third-order valence-corrected chi connectivity index (χ3v) is 10.3. The lowest BCUT2D eigenvalue weighted by Crippen LogP contribution is -2.69. The van der Waals surface area contributed by atoms with Gasteiger partial charge in [-0.05, 0) is 0 Å². The highest BCUT2D eigenvalue weighted by atomic mass is 16.8. The first-order valence-electron chi connectivity index (χ1n) is 18.0. The zero-order valence-corrected chi connectivity index (χ0v) is 30.2. The maximum absolute atomic E-state index is 11.9. The molecule has 5 rings (SSSR count). The molecule has 0 aliphatic carbocycles. The van der Waals surface area contributed by atoms with Gasteiger partial charge in [0.2, 0.25) is 5.91 Å². The van der Waals surface area contributed by atoms with Gasteiger partial charge in [-0.2, -0.15) is 0 Å². The van der Waals surface area contributed by atoms with Crippen molar-refractivity contribution in [2.75, 3.05) is 33.0 Å². The molecule has 5 heterocycles. The predicted molar refractivity (Wildman–Crippen MR) is 172 cm³/mol. The lowest BCUT2D eigenvalue weighted by atomic mass is 9.94. The monoisotopic (exact) mass is 839 g/mol. The number of aliphatic hydroxyl groups excluding tert-OH is 15. The Bertz CT molecular complexity index is 1270. The van der Waals surface area contributed by atoms with E-state index in [2.05, 4.69) is 5.32 Å². The first-order chi connectivity index (χ1) is 26.9. The normalized spacial score (nSPS) is 51.0. The van der Waals surface area contributed by atoms with Crippen LogP contribution in [0.5, 0.6) is 0 Å². The summed E-state index contributed by atoms with van der Waals surface area (Å²) >= 11 is 0. The third kappa shape index (κ3) is 10.0. The number of nitrogens with one attached hydrogen (secondary N) is 1. The van der Waals surface area contributed by atoms with E-state index in [1.165, 1.54) is 0 Å². The first-order valence-corrected chi connectivity index (χ1v) is 18.0. The van der Waals surface area contributed by atoms with Gasteiger partial charge in [0, 0.05) is 6.92 Å². The van der Waals surface area contributed by atoms with Gasteiger partial charge < -0.3 is 125 Å². The summed E-state index contributed by atoms with van der Waals surface area (Å²) in [7, 11) is 0. The molecule has 5 aliphatic heterocycles. The Hall–Kier alpha value is -1.49. The Morgan fingerprint density at radius 3 is 1.61 bits per heavy atom. The van der Waals surface area contributed by atoms with Gasteiger partial charge >= 0.3 is 0 Å². The maximum Gasteiger partial charge on any atom is 0.217 e. The zero-order chi connectivity index (χ0) is 42.0. The lowest BCUT2D eigenvalue weighted by Gasteiger charge is -2.50. The minimum Gasteiger partial charge on any atom is -0.394 e. The molecule has 5 aliphatic rings. The Balaban J connectivity index is 1.52. The van der Waals surface area contributed by atoms with Crippen LogP contribution < -0.4 is 5.32 Å². The molecule has 0 saturated carbocycles. The smallest absolute Gasteiger partial charge is 0.217 e. The molecule has 0 radical (unpaired) electrons. The highest BCUT2D eigenvalue weighted by molar-refractivity contribution is 5.73. The molecule has 0 aromatic rings. The average Bonchev–Trinajstić information content (AvgIpc) is 3.18. The fourth-order valence-corrected chi connectivity index (χ4v) is 7.02. The van der Waals surface area contributed by atoms with Crippen molar-refractivity contribution in [2.24, 2.45) is 0 Å². The quantitative estimate of drug-likeness (QED) is 0.0818. The van der Waals surface area contributed by atoms with Crippen molar-refractivity contribution >= 4 is 5.91 Å². The molecule has 0 unspecified atom stereocenters. The molecule has 0 bridgehead atoms. The number of hydrogen-bond acceptors (Lipinski definition) is 25. The number of carbonyl (C=O) groups excluding carboxylic acids is 1. The van der Waals surface area contributed by atoms with Gasteiger partial charge in [-0.25, -0.2) is 0 Å². The van der Waals surface area contributed by atoms with E-state index in [4.69, 9.17) is 42.6 Å². The van der Waals surface area contributed by atoms with Crippen LogP contribution in [0.4, 0.5) is 0 Å². The maximum atomic E-state index is 11.9. The molecular formula is C31H53NO25. The van der Waals surface area contributed by atoms with Crippen LogP contribution in [-0.4, -0.2) is 263 Å². The summed E-state index contributed by atoms with van der Waals surface area (Å²) in [5, 5.41) is 159. The van der Waals surface area contributed by atoms with Crippen LogP contribution >= 0.6 is 0 Å². The fraction of sp³-hybridized carbons (Fsp3) is 0.968. The molecule has 57 heavy (non-hydrogen) atoms. The highest BCUT2D eigenvalue weighted by Gasteiger charge is 2.57. The van der Waals surface area contributed by atoms with Crippen LogP contribution in [-0.2, 0) is 47.4 Å². The summed E-state index contributed by atoms with van der Waals surface area (Å²) in [6.07, 6.45) is -42.7. The Morgan fingerprint density at radius 2 is 1.04 bits per heavy atom. The molecular weight excluding hydrogens is 786 g/mol. The number of carbonyl (C=O) groups is 1. The highest BCUT2D eigenvalue weighted by Crippen LogP contribution is 2.36. The second-order valence-electron chi connectivity index (χ2n) is 14.3. The van der Waals surface area contributed by atoms with E-state index >= 15 is 0 Å². The molecule has 0 aromatic heterocycles. The molecule has 16 N–H and O–H groups in total. The lowest BCUT2D eigenvalue weighted by molar-refractivity contribution is -0.401. The molecule has 24 atom stereocenters. The SMILES string of the molecule is CC(=O)N[C@H]1[C@@H](O)[C@H](O[C@@H]2O[C@H](CO[C@H]3O[C@H](CO)[C@@H](O)[C@H](O)[C@@H]3O)[C@@H](O)[C@H](O[C@H]3O[C@H](CO)[C@@H](O)[C@H](O)[C@@H]3O)[C@@H]2O[C@@H]2OC[C@@H](O)[C@H](O)[C@H]2O)[C@@H](CO)O[C@H]1O. The van der Waals surface area contributed by atoms with Crippen LogP contribution in [0.2, 0.25) is 0 Å². The first kappa shape index (κ1) is 46.6. The van der Waals surface area contributed by atoms with E-state index in [0.29, 0.717) is 0 Å². The third-order valence-electron chi connectivity index (χ3n) is 10.3. The van der Waals surface area contributed by atoms with Crippen molar-refractivity contribution in [2.45, 2.75) is 154 Å². The zero-order valence-electron chi connectivity index (χ0n) is 30.2. The second kappa shape index (κ2) is 19.9. The van der Waals surface area contributed by atoms with Gasteiger partial charge in [-0.15, -0.1) is 0 Å². The predicted octanol–water partition coefficient (Wildman–Crippen LogP) is -11.1. The molecule has 332 valence electrons. The molecule has 26 heteroatoms. The van der Waals surface area contributed by atoms with Crippen molar-refractivity contribution < 1.29 is 124 Å². The molecule has 0 aromatic carbocycles. The molecule has 26 nitrogen and oxygen atoms in total. The van der Waals surface area contributed by atoms with Gasteiger partial charge in [0.05, 0.1) is 33.0 Å². The summed E-state index contributed by atoms with van der Waals surface area (Å²) in [5.41, 5.74) is 0. The van der Waals surface area contributed by atoms with Crippen LogP contribution in [0.15, 0.2) is 0 Å². The van der Waals surface area contributed by atoms with Gasteiger partial charge in [0.25, 0.3) is 0 Å². The van der Waals surface area contributed by atoms with E-state index in [1.807, 2.05) is 0 Å². The van der Waals surface area contributed by atoms with Gasteiger partial charge in [-0.1, -0.05) is 0 Å². The summed E-state index contributed by atoms with van der Waals surface area (Å²) < 4.78 is 51.1. The van der Waals surface area contributed by atoms with Crippen LogP contribution in [0.3, 0.4) is 0 Å². The van der Waals surface area contributed by atoms with Crippen molar-refractivity contribution in [1.29, 1.82) is 0 Å². The molecule has 0 spiro atoms. The van der Waals surface area contributed by atoms with E-state index in [1.54, 1.807) is 0 Å².